The Labute approximate surface area is 120 Å². The number of nitrogens with two attached hydrogens (primary N) is 1. The molecule has 0 saturated carbocycles. The number of aliphatic hydroxyl groups excluding tert-OH is 1. The first-order valence-electron chi connectivity index (χ1n) is 7.11. The minimum Gasteiger partial charge on any atom is -0.399 e. The second-order valence-electron chi connectivity index (χ2n) is 4.83. The van der Waals surface area contributed by atoms with Crippen LogP contribution >= 0.6 is 0 Å². The second-order valence-corrected chi connectivity index (χ2v) is 4.83. The summed E-state index contributed by atoms with van der Waals surface area (Å²) in [7, 11) is 0. The molecule has 1 aromatic carbocycles. The predicted octanol–water partition coefficient (Wildman–Crippen LogP) is 1.69. The largest absolute Gasteiger partial charge is 0.399 e. The Morgan fingerprint density at radius 3 is 2.40 bits per heavy atom. The maximum Gasteiger partial charge on any atom is 0.238 e. The fourth-order valence-electron chi connectivity index (χ4n) is 2.28. The number of hydrogen-bond acceptors (Lipinski definition) is 4. The number of hydrogen-bond donors (Lipinski definition) is 3. The van der Waals surface area contributed by atoms with Gasteiger partial charge in [-0.3, -0.25) is 9.69 Å². The van der Waals surface area contributed by atoms with Crippen molar-refractivity contribution < 1.29 is 9.90 Å². The van der Waals surface area contributed by atoms with Crippen LogP contribution in [0, 0.1) is 0 Å². The quantitative estimate of drug-likeness (QED) is 0.633. The number of nitrogens with one attached hydrogen (secondary N) is 1. The molecule has 4 N–H and O–H groups in total. The van der Waals surface area contributed by atoms with Gasteiger partial charge in [-0.1, -0.05) is 13.8 Å². The molecule has 0 aliphatic heterocycles. The number of nitrogens with zero attached hydrogens (tertiary/aromatic N) is 1. The van der Waals surface area contributed by atoms with Crippen LogP contribution in [0.5, 0.6) is 0 Å². The van der Waals surface area contributed by atoms with Gasteiger partial charge in [0.2, 0.25) is 5.91 Å². The molecule has 0 aliphatic carbocycles. The van der Waals surface area contributed by atoms with E-state index < -0.39 is 0 Å². The molecule has 0 fully saturated rings. The minimum atomic E-state index is -0.0740. The SMILES string of the molecule is CCC(CC)N(CCO)CC(=O)Nc1ccc(N)cc1. The zero-order chi connectivity index (χ0) is 15.0. The topological polar surface area (TPSA) is 78.6 Å². The highest BCUT2D eigenvalue weighted by Gasteiger charge is 2.17. The molecule has 0 unspecified atom stereocenters. The van der Waals surface area contributed by atoms with Crippen molar-refractivity contribution in [1.82, 2.24) is 4.90 Å². The van der Waals surface area contributed by atoms with Gasteiger partial charge < -0.3 is 16.2 Å². The smallest absolute Gasteiger partial charge is 0.238 e. The molecule has 0 heterocycles. The molecule has 5 heteroatoms. The van der Waals surface area contributed by atoms with E-state index in [1.165, 1.54) is 0 Å². The highest BCUT2D eigenvalue weighted by Crippen LogP contribution is 2.12. The van der Waals surface area contributed by atoms with Crippen molar-refractivity contribution in [3.05, 3.63) is 24.3 Å². The molecule has 1 rings (SSSR count). The van der Waals surface area contributed by atoms with Crippen LogP contribution in [0.2, 0.25) is 0 Å². The lowest BCUT2D eigenvalue weighted by atomic mass is 10.1. The minimum absolute atomic E-state index is 0.0612. The third-order valence-electron chi connectivity index (χ3n) is 3.39. The van der Waals surface area contributed by atoms with Gasteiger partial charge in [-0.05, 0) is 37.1 Å². The molecule has 0 aromatic heterocycles. The summed E-state index contributed by atoms with van der Waals surface area (Å²) in [6.45, 7) is 5.05. The Morgan fingerprint density at radius 2 is 1.90 bits per heavy atom. The Kier molecular flexibility index (Phi) is 7.04. The standard InChI is InChI=1S/C15H25N3O2/c1-3-14(4-2)18(9-10-19)11-15(20)17-13-7-5-12(16)6-8-13/h5-8,14,19H,3-4,9-11,16H2,1-2H3,(H,17,20). The van der Waals surface area contributed by atoms with Crippen LogP contribution < -0.4 is 11.1 Å². The summed E-state index contributed by atoms with van der Waals surface area (Å²) >= 11 is 0. The van der Waals surface area contributed by atoms with E-state index >= 15 is 0 Å². The maximum absolute atomic E-state index is 12.1. The number of benzene rings is 1. The summed E-state index contributed by atoms with van der Waals surface area (Å²) in [5.74, 6) is -0.0740. The zero-order valence-corrected chi connectivity index (χ0v) is 12.3. The van der Waals surface area contributed by atoms with E-state index in [-0.39, 0.29) is 19.1 Å². The number of carbonyl (C=O) groups is 1. The molecule has 0 saturated heterocycles. The Balaban J connectivity index is 2.59. The fourth-order valence-corrected chi connectivity index (χ4v) is 2.28. The third-order valence-corrected chi connectivity index (χ3v) is 3.39. The molecule has 1 amide bonds. The van der Waals surface area contributed by atoms with Gasteiger partial charge in [0, 0.05) is 24.0 Å². The summed E-state index contributed by atoms with van der Waals surface area (Å²) in [6, 6.07) is 7.38. The Bertz CT molecular complexity index is 402. The highest BCUT2D eigenvalue weighted by molar-refractivity contribution is 5.92. The van der Waals surface area contributed by atoms with Crippen molar-refractivity contribution in [3.63, 3.8) is 0 Å². The predicted molar refractivity (Wildman–Crippen MR) is 82.5 cm³/mol. The van der Waals surface area contributed by atoms with Crippen molar-refractivity contribution in [3.8, 4) is 0 Å². The summed E-state index contributed by atoms with van der Waals surface area (Å²) < 4.78 is 0. The van der Waals surface area contributed by atoms with E-state index in [2.05, 4.69) is 19.2 Å². The third kappa shape index (κ3) is 5.19. The monoisotopic (exact) mass is 279 g/mol. The Morgan fingerprint density at radius 1 is 1.30 bits per heavy atom. The van der Waals surface area contributed by atoms with Gasteiger partial charge in [-0.15, -0.1) is 0 Å². The van der Waals surface area contributed by atoms with Crippen LogP contribution in [0.25, 0.3) is 0 Å². The number of aliphatic hydroxyl groups is 1. The Hall–Kier alpha value is -1.59. The van der Waals surface area contributed by atoms with Crippen molar-refractivity contribution in [1.29, 1.82) is 0 Å². The fraction of sp³-hybridized carbons (Fsp3) is 0.533. The van der Waals surface area contributed by atoms with Crippen LogP contribution in [-0.2, 0) is 4.79 Å². The molecular formula is C15H25N3O2. The van der Waals surface area contributed by atoms with Gasteiger partial charge in [-0.2, -0.15) is 0 Å². The van der Waals surface area contributed by atoms with E-state index in [0.29, 0.717) is 18.3 Å². The average Bonchev–Trinajstić information content (AvgIpc) is 2.43. The summed E-state index contributed by atoms with van der Waals surface area (Å²) in [4.78, 5) is 14.1. The van der Waals surface area contributed by atoms with Gasteiger partial charge in [0.05, 0.1) is 13.2 Å². The van der Waals surface area contributed by atoms with E-state index in [1.807, 2.05) is 4.90 Å². The van der Waals surface area contributed by atoms with Gasteiger partial charge in [0.1, 0.15) is 0 Å². The van der Waals surface area contributed by atoms with Crippen molar-refractivity contribution in [2.45, 2.75) is 32.7 Å². The van der Waals surface area contributed by atoms with Crippen molar-refractivity contribution >= 4 is 17.3 Å². The molecule has 112 valence electrons. The van der Waals surface area contributed by atoms with Crippen LogP contribution in [-0.4, -0.2) is 41.7 Å². The molecule has 0 aliphatic rings. The van der Waals surface area contributed by atoms with Crippen LogP contribution in [0.4, 0.5) is 11.4 Å². The second kappa shape index (κ2) is 8.55. The molecule has 0 atom stereocenters. The lowest BCUT2D eigenvalue weighted by Gasteiger charge is -2.29. The molecule has 0 spiro atoms. The van der Waals surface area contributed by atoms with E-state index in [9.17, 15) is 4.79 Å². The number of anilines is 2. The number of nitrogen functional groups attached to an aromatic ring is 1. The van der Waals surface area contributed by atoms with Gasteiger partial charge in [0.15, 0.2) is 0 Å². The molecule has 0 bridgehead atoms. The first kappa shape index (κ1) is 16.5. The normalized spacial score (nSPS) is 11.1. The van der Waals surface area contributed by atoms with Crippen LogP contribution in [0.1, 0.15) is 26.7 Å². The number of amides is 1. The first-order chi connectivity index (χ1) is 9.60. The van der Waals surface area contributed by atoms with Crippen LogP contribution in [0.3, 0.4) is 0 Å². The van der Waals surface area contributed by atoms with E-state index in [0.717, 1.165) is 18.5 Å². The van der Waals surface area contributed by atoms with Crippen molar-refractivity contribution in [2.24, 2.45) is 0 Å². The van der Waals surface area contributed by atoms with Gasteiger partial charge in [-0.25, -0.2) is 0 Å². The maximum atomic E-state index is 12.1. The van der Waals surface area contributed by atoms with Crippen LogP contribution in [0.15, 0.2) is 24.3 Å². The van der Waals surface area contributed by atoms with E-state index in [1.54, 1.807) is 24.3 Å². The molecule has 1 aromatic rings. The highest BCUT2D eigenvalue weighted by atomic mass is 16.3. The van der Waals surface area contributed by atoms with Gasteiger partial charge >= 0.3 is 0 Å². The lowest BCUT2D eigenvalue weighted by Crippen LogP contribution is -2.42. The molecule has 0 radical (unpaired) electrons. The lowest BCUT2D eigenvalue weighted by molar-refractivity contribution is -0.118. The zero-order valence-electron chi connectivity index (χ0n) is 12.3. The molecule has 20 heavy (non-hydrogen) atoms. The molecule has 5 nitrogen and oxygen atoms in total. The summed E-state index contributed by atoms with van der Waals surface area (Å²) in [6.07, 6.45) is 1.93. The van der Waals surface area contributed by atoms with E-state index in [4.69, 9.17) is 10.8 Å². The average molecular weight is 279 g/mol. The number of rotatable bonds is 8. The number of carbonyl (C=O) groups excluding carboxylic acids is 1. The molecular weight excluding hydrogens is 254 g/mol. The van der Waals surface area contributed by atoms with Gasteiger partial charge in [0.25, 0.3) is 0 Å². The summed E-state index contributed by atoms with van der Waals surface area (Å²) in [5.41, 5.74) is 7.01. The van der Waals surface area contributed by atoms with Crippen molar-refractivity contribution in [2.75, 3.05) is 30.7 Å². The summed E-state index contributed by atoms with van der Waals surface area (Å²) in [5, 5.41) is 12.0. The first-order valence-corrected chi connectivity index (χ1v) is 7.11.